The Morgan fingerprint density at radius 2 is 2.08 bits per heavy atom. The Morgan fingerprint density at radius 3 is 2.54 bits per heavy atom. The molecule has 0 aromatic carbocycles. The average Bonchev–Trinajstić information content (AvgIpc) is 1.94. The van der Waals surface area contributed by atoms with Crippen LogP contribution in [0.4, 0.5) is 4.39 Å². The zero-order chi connectivity index (χ0) is 9.47. The average molecular weight is 180 g/mol. The van der Waals surface area contributed by atoms with Crippen molar-refractivity contribution in [3.63, 3.8) is 0 Å². The van der Waals surface area contributed by atoms with Gasteiger partial charge in [0, 0.05) is 5.41 Å². The fourth-order valence-corrected chi connectivity index (χ4v) is 1.90. The predicted octanol–water partition coefficient (Wildman–Crippen LogP) is 4.00. The van der Waals surface area contributed by atoms with Gasteiger partial charge in [-0.25, -0.2) is 4.39 Å². The Labute approximate surface area is 79.5 Å². The van der Waals surface area contributed by atoms with Crippen LogP contribution in [0.2, 0.25) is 0 Å². The van der Waals surface area contributed by atoms with Crippen molar-refractivity contribution >= 4 is 0 Å². The van der Waals surface area contributed by atoms with Crippen LogP contribution in [0.3, 0.4) is 0 Å². The Morgan fingerprint density at radius 1 is 1.38 bits per heavy atom. The summed E-state index contributed by atoms with van der Waals surface area (Å²) in [5.74, 6) is 0.735. The minimum atomic E-state index is -0.257. The molecule has 0 bridgehead atoms. The van der Waals surface area contributed by atoms with Gasteiger partial charge in [-0.1, -0.05) is 26.3 Å². The molecule has 1 saturated carbocycles. The van der Waals surface area contributed by atoms with Gasteiger partial charge in [-0.2, -0.15) is 0 Å². The summed E-state index contributed by atoms with van der Waals surface area (Å²) in [7, 11) is 0. The molecule has 0 aliphatic heterocycles. The van der Waals surface area contributed by atoms with Gasteiger partial charge in [0.2, 0.25) is 0 Å². The van der Waals surface area contributed by atoms with Gasteiger partial charge in [-0.05, 0) is 36.8 Å². The van der Waals surface area contributed by atoms with Gasteiger partial charge in [-0.3, -0.25) is 0 Å². The molecule has 0 atom stereocenters. The SMILES string of the molecule is CC1(C)CC=C(C2CCC2)C=C1F. The molecule has 0 nitrogen and oxygen atoms in total. The molecule has 72 valence electrons. The number of rotatable bonds is 1. The molecule has 2 aliphatic carbocycles. The van der Waals surface area contributed by atoms with Crippen LogP contribution in [0.5, 0.6) is 0 Å². The van der Waals surface area contributed by atoms with Gasteiger partial charge in [0.05, 0.1) is 0 Å². The van der Waals surface area contributed by atoms with E-state index in [1.165, 1.54) is 24.8 Å². The molecule has 0 aromatic rings. The molecule has 13 heavy (non-hydrogen) atoms. The first-order chi connectivity index (χ1) is 6.09. The molecule has 0 heterocycles. The molecule has 1 fully saturated rings. The van der Waals surface area contributed by atoms with E-state index < -0.39 is 0 Å². The third-order valence-electron chi connectivity index (χ3n) is 3.36. The smallest absolute Gasteiger partial charge is 0.106 e. The van der Waals surface area contributed by atoms with E-state index in [4.69, 9.17) is 0 Å². The highest BCUT2D eigenvalue weighted by molar-refractivity contribution is 5.31. The van der Waals surface area contributed by atoms with Crippen molar-refractivity contribution in [2.24, 2.45) is 11.3 Å². The molecule has 2 aliphatic rings. The third-order valence-corrected chi connectivity index (χ3v) is 3.36. The fraction of sp³-hybridized carbons (Fsp3) is 0.667. The van der Waals surface area contributed by atoms with Crippen LogP contribution in [-0.2, 0) is 0 Å². The lowest BCUT2D eigenvalue weighted by Gasteiger charge is -2.32. The van der Waals surface area contributed by atoms with E-state index in [-0.39, 0.29) is 11.2 Å². The first kappa shape index (κ1) is 8.98. The molecule has 0 radical (unpaired) electrons. The van der Waals surface area contributed by atoms with Gasteiger partial charge in [-0.15, -0.1) is 0 Å². The van der Waals surface area contributed by atoms with Crippen LogP contribution in [0, 0.1) is 11.3 Å². The van der Waals surface area contributed by atoms with Crippen molar-refractivity contribution in [3.8, 4) is 0 Å². The Bertz CT molecular complexity index is 267. The Kier molecular flexibility index (Phi) is 2.05. The highest BCUT2D eigenvalue weighted by Crippen LogP contribution is 2.42. The van der Waals surface area contributed by atoms with Gasteiger partial charge in [0.25, 0.3) is 0 Å². The molecular weight excluding hydrogens is 163 g/mol. The third kappa shape index (κ3) is 1.56. The molecule has 0 spiro atoms. The van der Waals surface area contributed by atoms with Crippen molar-refractivity contribution in [2.75, 3.05) is 0 Å². The largest absolute Gasteiger partial charge is 0.211 e. The molecule has 0 amide bonds. The standard InChI is InChI=1S/C12H17F/c1-12(2)7-6-10(8-11(12)13)9-4-3-5-9/h6,8-9H,3-5,7H2,1-2H3. The quantitative estimate of drug-likeness (QED) is 0.572. The Hall–Kier alpha value is -0.590. The van der Waals surface area contributed by atoms with Crippen molar-refractivity contribution in [1.29, 1.82) is 0 Å². The highest BCUT2D eigenvalue weighted by Gasteiger charge is 2.29. The van der Waals surface area contributed by atoms with E-state index in [0.717, 1.165) is 6.42 Å². The molecular formula is C12H17F. The lowest BCUT2D eigenvalue weighted by atomic mass is 9.74. The van der Waals surface area contributed by atoms with Crippen molar-refractivity contribution in [3.05, 3.63) is 23.6 Å². The van der Waals surface area contributed by atoms with E-state index in [1.54, 1.807) is 6.08 Å². The van der Waals surface area contributed by atoms with Gasteiger partial charge in [0.1, 0.15) is 5.83 Å². The highest BCUT2D eigenvalue weighted by atomic mass is 19.1. The number of allylic oxidation sites excluding steroid dienone is 4. The van der Waals surface area contributed by atoms with E-state index in [1.807, 2.05) is 13.8 Å². The van der Waals surface area contributed by atoms with E-state index in [0.29, 0.717) is 5.92 Å². The second-order valence-corrected chi connectivity index (χ2v) is 4.91. The Balaban J connectivity index is 2.13. The zero-order valence-electron chi connectivity index (χ0n) is 8.44. The maximum Gasteiger partial charge on any atom is 0.106 e. The van der Waals surface area contributed by atoms with Crippen molar-refractivity contribution in [2.45, 2.75) is 39.5 Å². The minimum absolute atomic E-state index is 0.0666. The predicted molar refractivity (Wildman–Crippen MR) is 53.0 cm³/mol. The van der Waals surface area contributed by atoms with Crippen LogP contribution in [0.15, 0.2) is 23.6 Å². The molecule has 0 aromatic heterocycles. The fourth-order valence-electron chi connectivity index (χ4n) is 1.90. The van der Waals surface area contributed by atoms with E-state index >= 15 is 0 Å². The molecule has 1 heteroatoms. The summed E-state index contributed by atoms with van der Waals surface area (Å²) in [5.41, 5.74) is 0.996. The van der Waals surface area contributed by atoms with Crippen molar-refractivity contribution in [1.82, 2.24) is 0 Å². The topological polar surface area (TPSA) is 0 Å². The lowest BCUT2D eigenvalue weighted by Crippen LogP contribution is -2.19. The minimum Gasteiger partial charge on any atom is -0.211 e. The normalized spacial score (nSPS) is 27.6. The lowest BCUT2D eigenvalue weighted by molar-refractivity contribution is 0.327. The van der Waals surface area contributed by atoms with Gasteiger partial charge >= 0.3 is 0 Å². The molecule has 2 rings (SSSR count). The summed E-state index contributed by atoms with van der Waals surface area (Å²) in [6.45, 7) is 3.93. The summed E-state index contributed by atoms with van der Waals surface area (Å²) < 4.78 is 13.6. The maximum absolute atomic E-state index is 13.6. The second-order valence-electron chi connectivity index (χ2n) is 4.91. The van der Waals surface area contributed by atoms with E-state index in [9.17, 15) is 4.39 Å². The molecule has 0 unspecified atom stereocenters. The number of hydrogen-bond donors (Lipinski definition) is 0. The maximum atomic E-state index is 13.6. The molecule has 0 saturated heterocycles. The second kappa shape index (κ2) is 2.97. The number of hydrogen-bond acceptors (Lipinski definition) is 0. The monoisotopic (exact) mass is 180 g/mol. The van der Waals surface area contributed by atoms with Crippen LogP contribution < -0.4 is 0 Å². The van der Waals surface area contributed by atoms with Gasteiger partial charge in [0.15, 0.2) is 0 Å². The molecule has 0 N–H and O–H groups in total. The summed E-state index contributed by atoms with van der Waals surface area (Å²) >= 11 is 0. The first-order valence-electron chi connectivity index (χ1n) is 5.17. The van der Waals surface area contributed by atoms with Crippen LogP contribution >= 0.6 is 0 Å². The summed E-state index contributed by atoms with van der Waals surface area (Å²) in [5, 5.41) is 0. The van der Waals surface area contributed by atoms with Crippen LogP contribution in [-0.4, -0.2) is 0 Å². The van der Waals surface area contributed by atoms with Crippen LogP contribution in [0.1, 0.15) is 39.5 Å². The first-order valence-corrected chi connectivity index (χ1v) is 5.17. The summed E-state index contributed by atoms with van der Waals surface area (Å²) in [6, 6.07) is 0. The van der Waals surface area contributed by atoms with Crippen molar-refractivity contribution < 1.29 is 4.39 Å². The van der Waals surface area contributed by atoms with E-state index in [2.05, 4.69) is 6.08 Å². The zero-order valence-corrected chi connectivity index (χ0v) is 8.44. The summed E-state index contributed by atoms with van der Waals surface area (Å²) in [6.07, 6.45) is 8.70. The number of halogens is 1. The summed E-state index contributed by atoms with van der Waals surface area (Å²) in [4.78, 5) is 0. The van der Waals surface area contributed by atoms with Gasteiger partial charge < -0.3 is 0 Å². The van der Waals surface area contributed by atoms with Crippen LogP contribution in [0.25, 0.3) is 0 Å².